The number of amides is 2. The van der Waals surface area contributed by atoms with Gasteiger partial charge in [-0.3, -0.25) is 9.78 Å². The standard InChI is InChI=1S/C12H15N3O3/c1-18-12(17)14-9-4-7-15(11(16)8-9)10-2-5-13-6-3-10/h2-3,5-6,9H,4,7-8H2,1H3,(H,14,17). The quantitative estimate of drug-likeness (QED) is 0.846. The molecule has 2 rings (SSSR count). The van der Waals surface area contributed by atoms with Crippen molar-refractivity contribution in [2.75, 3.05) is 18.6 Å². The van der Waals surface area contributed by atoms with E-state index in [1.165, 1.54) is 7.11 Å². The second kappa shape index (κ2) is 5.48. The number of rotatable bonds is 2. The molecule has 0 bridgehead atoms. The zero-order chi connectivity index (χ0) is 13.0. The van der Waals surface area contributed by atoms with Crippen molar-refractivity contribution in [3.05, 3.63) is 24.5 Å². The Bertz CT molecular complexity index is 435. The lowest BCUT2D eigenvalue weighted by atomic mass is 10.0. The second-order valence-corrected chi connectivity index (χ2v) is 4.08. The molecule has 1 aliphatic heterocycles. The Hall–Kier alpha value is -2.11. The number of alkyl carbamates (subject to hydrolysis) is 1. The molecule has 18 heavy (non-hydrogen) atoms. The van der Waals surface area contributed by atoms with Crippen molar-refractivity contribution in [2.45, 2.75) is 18.9 Å². The molecule has 1 aromatic heterocycles. The number of hydrogen-bond acceptors (Lipinski definition) is 4. The average Bonchev–Trinajstić information content (AvgIpc) is 2.40. The number of hydrogen-bond donors (Lipinski definition) is 1. The Balaban J connectivity index is 1.97. The minimum atomic E-state index is -0.495. The summed E-state index contributed by atoms with van der Waals surface area (Å²) in [6.07, 6.45) is 3.81. The maximum absolute atomic E-state index is 12.0. The van der Waals surface area contributed by atoms with E-state index < -0.39 is 6.09 Å². The molecule has 1 N–H and O–H groups in total. The Morgan fingerprint density at radius 3 is 2.83 bits per heavy atom. The van der Waals surface area contributed by atoms with Crippen molar-refractivity contribution in [3.63, 3.8) is 0 Å². The van der Waals surface area contributed by atoms with Gasteiger partial charge in [-0.05, 0) is 18.6 Å². The van der Waals surface area contributed by atoms with Gasteiger partial charge in [0.1, 0.15) is 0 Å². The Morgan fingerprint density at radius 2 is 2.22 bits per heavy atom. The second-order valence-electron chi connectivity index (χ2n) is 4.08. The van der Waals surface area contributed by atoms with Crippen molar-refractivity contribution < 1.29 is 14.3 Å². The Morgan fingerprint density at radius 1 is 1.50 bits per heavy atom. The molecule has 2 heterocycles. The predicted molar refractivity (Wildman–Crippen MR) is 65.2 cm³/mol. The summed E-state index contributed by atoms with van der Waals surface area (Å²) in [6.45, 7) is 0.581. The van der Waals surface area contributed by atoms with Crippen molar-refractivity contribution in [2.24, 2.45) is 0 Å². The highest BCUT2D eigenvalue weighted by Crippen LogP contribution is 2.20. The smallest absolute Gasteiger partial charge is 0.407 e. The largest absolute Gasteiger partial charge is 0.453 e. The molecular weight excluding hydrogens is 234 g/mol. The van der Waals surface area contributed by atoms with Gasteiger partial charge in [-0.25, -0.2) is 4.79 Å². The van der Waals surface area contributed by atoms with Gasteiger partial charge in [-0.15, -0.1) is 0 Å². The van der Waals surface area contributed by atoms with E-state index in [9.17, 15) is 9.59 Å². The number of nitrogens with one attached hydrogen (secondary N) is 1. The lowest BCUT2D eigenvalue weighted by Gasteiger charge is -2.31. The molecular formula is C12H15N3O3. The van der Waals surface area contributed by atoms with Crippen LogP contribution in [0.2, 0.25) is 0 Å². The van der Waals surface area contributed by atoms with Gasteiger partial charge in [0.15, 0.2) is 0 Å². The molecule has 1 atom stereocenters. The van der Waals surface area contributed by atoms with Crippen LogP contribution in [0, 0.1) is 0 Å². The average molecular weight is 249 g/mol. The van der Waals surface area contributed by atoms with E-state index in [1.807, 2.05) is 0 Å². The monoisotopic (exact) mass is 249 g/mol. The van der Waals surface area contributed by atoms with E-state index in [4.69, 9.17) is 0 Å². The van der Waals surface area contributed by atoms with Gasteiger partial charge in [-0.1, -0.05) is 0 Å². The highest BCUT2D eigenvalue weighted by atomic mass is 16.5. The van der Waals surface area contributed by atoms with Gasteiger partial charge in [0, 0.05) is 37.1 Å². The highest BCUT2D eigenvalue weighted by molar-refractivity contribution is 5.94. The van der Waals surface area contributed by atoms with Gasteiger partial charge in [-0.2, -0.15) is 0 Å². The molecule has 96 valence electrons. The predicted octanol–water partition coefficient (Wildman–Crippen LogP) is 0.933. The Labute approximate surface area is 105 Å². The van der Waals surface area contributed by atoms with Gasteiger partial charge >= 0.3 is 6.09 Å². The first-order valence-corrected chi connectivity index (χ1v) is 5.75. The summed E-state index contributed by atoms with van der Waals surface area (Å²) < 4.78 is 4.52. The summed E-state index contributed by atoms with van der Waals surface area (Å²) in [5.74, 6) is -0.00569. The number of pyridine rings is 1. The molecule has 1 fully saturated rings. The number of nitrogens with zero attached hydrogens (tertiary/aromatic N) is 2. The highest BCUT2D eigenvalue weighted by Gasteiger charge is 2.27. The molecule has 1 saturated heterocycles. The number of piperidine rings is 1. The summed E-state index contributed by atoms with van der Waals surface area (Å²) in [7, 11) is 1.31. The maximum Gasteiger partial charge on any atom is 0.407 e. The van der Waals surface area contributed by atoms with E-state index in [0.717, 1.165) is 5.69 Å². The zero-order valence-electron chi connectivity index (χ0n) is 10.1. The fourth-order valence-electron chi connectivity index (χ4n) is 1.98. The lowest BCUT2D eigenvalue weighted by molar-refractivity contribution is -0.120. The number of anilines is 1. The third-order valence-corrected chi connectivity index (χ3v) is 2.91. The third kappa shape index (κ3) is 2.77. The number of ether oxygens (including phenoxy) is 1. The minimum Gasteiger partial charge on any atom is -0.453 e. The van der Waals surface area contributed by atoms with Crippen LogP contribution in [-0.2, 0) is 9.53 Å². The van der Waals surface area contributed by atoms with Crippen molar-refractivity contribution in [3.8, 4) is 0 Å². The molecule has 1 aliphatic rings. The van der Waals surface area contributed by atoms with Crippen LogP contribution >= 0.6 is 0 Å². The topological polar surface area (TPSA) is 71.5 Å². The molecule has 0 aliphatic carbocycles. The zero-order valence-corrected chi connectivity index (χ0v) is 10.1. The molecule has 2 amide bonds. The summed E-state index contributed by atoms with van der Waals surface area (Å²) >= 11 is 0. The SMILES string of the molecule is COC(=O)NC1CCN(c2ccncc2)C(=O)C1. The van der Waals surface area contributed by atoms with Crippen LogP contribution in [0.4, 0.5) is 10.5 Å². The summed E-state index contributed by atoms with van der Waals surface area (Å²) in [5.41, 5.74) is 0.839. The molecule has 0 spiro atoms. The van der Waals surface area contributed by atoms with Gasteiger partial charge in [0.25, 0.3) is 0 Å². The summed E-state index contributed by atoms with van der Waals surface area (Å²) in [4.78, 5) is 28.7. The van der Waals surface area contributed by atoms with E-state index in [2.05, 4.69) is 15.0 Å². The lowest BCUT2D eigenvalue weighted by Crippen LogP contribution is -2.47. The molecule has 0 radical (unpaired) electrons. The Kier molecular flexibility index (Phi) is 3.76. The van der Waals surface area contributed by atoms with Crippen molar-refractivity contribution in [1.82, 2.24) is 10.3 Å². The van der Waals surface area contributed by atoms with E-state index in [1.54, 1.807) is 29.4 Å². The van der Waals surface area contributed by atoms with Crippen LogP contribution in [0.5, 0.6) is 0 Å². The van der Waals surface area contributed by atoms with Gasteiger partial charge < -0.3 is 15.0 Å². The molecule has 1 unspecified atom stereocenters. The number of carbonyl (C=O) groups excluding carboxylic acids is 2. The summed E-state index contributed by atoms with van der Waals surface area (Å²) in [6, 6.07) is 3.45. The first-order chi connectivity index (χ1) is 8.70. The van der Waals surface area contributed by atoms with E-state index in [-0.39, 0.29) is 18.4 Å². The van der Waals surface area contributed by atoms with Gasteiger partial charge in [0.05, 0.1) is 7.11 Å². The molecule has 6 heteroatoms. The fraction of sp³-hybridized carbons (Fsp3) is 0.417. The normalized spacial score (nSPS) is 19.5. The number of carbonyl (C=O) groups is 2. The maximum atomic E-state index is 12.0. The van der Waals surface area contributed by atoms with Crippen molar-refractivity contribution >= 4 is 17.7 Å². The van der Waals surface area contributed by atoms with Crippen LogP contribution in [0.15, 0.2) is 24.5 Å². The molecule has 0 aromatic carbocycles. The van der Waals surface area contributed by atoms with Gasteiger partial charge in [0.2, 0.25) is 5.91 Å². The number of methoxy groups -OCH3 is 1. The summed E-state index contributed by atoms with van der Waals surface area (Å²) in [5, 5.41) is 2.65. The van der Waals surface area contributed by atoms with E-state index in [0.29, 0.717) is 13.0 Å². The van der Waals surface area contributed by atoms with Crippen LogP contribution in [0.25, 0.3) is 0 Å². The van der Waals surface area contributed by atoms with Crippen LogP contribution in [0.3, 0.4) is 0 Å². The van der Waals surface area contributed by atoms with Crippen molar-refractivity contribution in [1.29, 1.82) is 0 Å². The first kappa shape index (κ1) is 12.3. The molecule has 1 aromatic rings. The minimum absolute atomic E-state index is 0.00569. The van der Waals surface area contributed by atoms with Crippen LogP contribution < -0.4 is 10.2 Å². The molecule has 6 nitrogen and oxygen atoms in total. The fourth-order valence-corrected chi connectivity index (χ4v) is 1.98. The van der Waals surface area contributed by atoms with Crippen LogP contribution in [-0.4, -0.2) is 36.7 Å². The third-order valence-electron chi connectivity index (χ3n) is 2.91. The first-order valence-electron chi connectivity index (χ1n) is 5.75. The van der Waals surface area contributed by atoms with E-state index >= 15 is 0 Å². The number of aromatic nitrogens is 1. The molecule has 0 saturated carbocycles. The van der Waals surface area contributed by atoms with Crippen LogP contribution in [0.1, 0.15) is 12.8 Å².